The number of aromatic nitrogens is 1. The molecule has 1 aromatic heterocycles. The summed E-state index contributed by atoms with van der Waals surface area (Å²) in [6.07, 6.45) is 1.55. The zero-order valence-corrected chi connectivity index (χ0v) is 11.8. The van der Waals surface area contributed by atoms with Gasteiger partial charge in [-0.2, -0.15) is 0 Å². The van der Waals surface area contributed by atoms with E-state index < -0.39 is 5.91 Å². The second-order valence-corrected chi connectivity index (χ2v) is 4.88. The van der Waals surface area contributed by atoms with Crippen molar-refractivity contribution in [3.8, 4) is 0 Å². The van der Waals surface area contributed by atoms with E-state index >= 15 is 0 Å². The number of primary amides is 1. The quantitative estimate of drug-likeness (QED) is 0.844. The lowest BCUT2D eigenvalue weighted by Gasteiger charge is -2.19. The van der Waals surface area contributed by atoms with Crippen molar-refractivity contribution in [2.45, 2.75) is 6.54 Å². The van der Waals surface area contributed by atoms with Crippen molar-refractivity contribution in [2.75, 3.05) is 17.7 Å². The van der Waals surface area contributed by atoms with Crippen LogP contribution in [0, 0.1) is 0 Å². The van der Waals surface area contributed by atoms with E-state index in [1.165, 1.54) is 0 Å². The molecule has 0 fully saturated rings. The minimum absolute atomic E-state index is 0.417. The number of benzene rings is 1. The lowest BCUT2D eigenvalue weighted by Crippen LogP contribution is -2.19. The van der Waals surface area contributed by atoms with E-state index in [9.17, 15) is 4.79 Å². The maximum Gasteiger partial charge on any atom is 0.248 e. The predicted molar refractivity (Wildman–Crippen MR) is 80.7 cm³/mol. The van der Waals surface area contributed by atoms with Gasteiger partial charge in [0.1, 0.15) is 5.82 Å². The molecular formula is C14H15ClN4O. The molecule has 2 rings (SSSR count). The molecule has 2 aromatic rings. The van der Waals surface area contributed by atoms with Crippen LogP contribution in [0.3, 0.4) is 0 Å². The number of amides is 1. The first kappa shape index (κ1) is 14.1. The second-order valence-electron chi connectivity index (χ2n) is 4.47. The highest BCUT2D eigenvalue weighted by Crippen LogP contribution is 2.22. The number of carbonyl (C=O) groups is 1. The Hall–Kier alpha value is -2.27. The fourth-order valence-electron chi connectivity index (χ4n) is 1.83. The van der Waals surface area contributed by atoms with Gasteiger partial charge in [0.2, 0.25) is 5.91 Å². The molecule has 0 saturated carbocycles. The minimum Gasteiger partial charge on any atom is -0.399 e. The third-order valence-corrected chi connectivity index (χ3v) is 3.27. The zero-order valence-electron chi connectivity index (χ0n) is 11.0. The Balaban J connectivity index is 2.23. The molecule has 0 saturated heterocycles. The molecule has 1 amide bonds. The van der Waals surface area contributed by atoms with Crippen molar-refractivity contribution < 1.29 is 4.79 Å². The molecule has 0 aliphatic carbocycles. The Morgan fingerprint density at radius 1 is 1.35 bits per heavy atom. The van der Waals surface area contributed by atoms with E-state index in [0.29, 0.717) is 28.6 Å². The number of halogens is 1. The number of pyridine rings is 1. The molecular weight excluding hydrogens is 276 g/mol. The third kappa shape index (κ3) is 3.19. The molecule has 6 heteroatoms. The Labute approximate surface area is 122 Å². The maximum absolute atomic E-state index is 11.2. The number of hydrogen-bond acceptors (Lipinski definition) is 4. The molecule has 4 N–H and O–H groups in total. The molecule has 0 aliphatic rings. The van der Waals surface area contributed by atoms with E-state index in [1.807, 2.05) is 18.0 Å². The van der Waals surface area contributed by atoms with Crippen LogP contribution in [0.5, 0.6) is 0 Å². The molecule has 1 aromatic carbocycles. The van der Waals surface area contributed by atoms with Crippen LogP contribution >= 0.6 is 11.6 Å². The summed E-state index contributed by atoms with van der Waals surface area (Å²) in [5.74, 6) is 0.156. The van der Waals surface area contributed by atoms with Crippen LogP contribution in [0.2, 0.25) is 5.02 Å². The van der Waals surface area contributed by atoms with Crippen molar-refractivity contribution in [3.63, 3.8) is 0 Å². The number of nitrogens with two attached hydrogens (primary N) is 2. The van der Waals surface area contributed by atoms with Crippen LogP contribution in [0.25, 0.3) is 0 Å². The van der Waals surface area contributed by atoms with Gasteiger partial charge in [0, 0.05) is 36.1 Å². The van der Waals surface area contributed by atoms with Crippen LogP contribution in [-0.2, 0) is 6.54 Å². The first-order chi connectivity index (χ1) is 9.47. The molecule has 0 aliphatic heterocycles. The smallest absolute Gasteiger partial charge is 0.248 e. The first-order valence-electron chi connectivity index (χ1n) is 5.98. The lowest BCUT2D eigenvalue weighted by molar-refractivity contribution is 0.1000. The Morgan fingerprint density at radius 3 is 2.80 bits per heavy atom. The van der Waals surface area contributed by atoms with Gasteiger partial charge < -0.3 is 16.4 Å². The van der Waals surface area contributed by atoms with E-state index in [1.54, 1.807) is 30.5 Å². The number of nitrogen functional groups attached to an aromatic ring is 1. The standard InChI is InChI=1S/C14H15ClN4O/c1-19(8-10-6-11(16)2-3-12(10)15)13-7-9(14(17)20)4-5-18-13/h2-7H,8,16H2,1H3,(H2,17,20). The fraction of sp³-hybridized carbons (Fsp3) is 0.143. The zero-order chi connectivity index (χ0) is 14.7. The molecule has 0 atom stereocenters. The summed E-state index contributed by atoms with van der Waals surface area (Å²) < 4.78 is 0. The van der Waals surface area contributed by atoms with Crippen LogP contribution in [0.4, 0.5) is 11.5 Å². The average molecular weight is 291 g/mol. The summed E-state index contributed by atoms with van der Waals surface area (Å²) >= 11 is 6.13. The monoisotopic (exact) mass is 290 g/mol. The fourth-order valence-corrected chi connectivity index (χ4v) is 2.01. The summed E-state index contributed by atoms with van der Waals surface area (Å²) in [6, 6.07) is 8.54. The Morgan fingerprint density at radius 2 is 2.10 bits per heavy atom. The molecule has 0 spiro atoms. The molecule has 0 bridgehead atoms. The SMILES string of the molecule is CN(Cc1cc(N)ccc1Cl)c1cc(C(N)=O)ccn1. The first-order valence-corrected chi connectivity index (χ1v) is 6.36. The number of nitrogens with zero attached hydrogens (tertiary/aromatic N) is 2. The van der Waals surface area contributed by atoms with Crippen molar-refractivity contribution in [1.82, 2.24) is 4.98 Å². The highest BCUT2D eigenvalue weighted by atomic mass is 35.5. The van der Waals surface area contributed by atoms with Gasteiger partial charge in [0.05, 0.1) is 0 Å². The van der Waals surface area contributed by atoms with Crippen molar-refractivity contribution in [3.05, 3.63) is 52.7 Å². The van der Waals surface area contributed by atoms with Crippen molar-refractivity contribution in [1.29, 1.82) is 0 Å². The van der Waals surface area contributed by atoms with Crippen LogP contribution in [0.15, 0.2) is 36.5 Å². The summed E-state index contributed by atoms with van der Waals surface area (Å²) in [7, 11) is 1.85. The highest BCUT2D eigenvalue weighted by Gasteiger charge is 2.09. The predicted octanol–water partition coefficient (Wildman–Crippen LogP) is 2.05. The average Bonchev–Trinajstić information content (AvgIpc) is 2.43. The lowest BCUT2D eigenvalue weighted by atomic mass is 10.2. The number of rotatable bonds is 4. The van der Waals surface area contributed by atoms with Crippen LogP contribution in [0.1, 0.15) is 15.9 Å². The summed E-state index contributed by atoms with van der Waals surface area (Å²) in [5.41, 5.74) is 13.0. The normalized spacial score (nSPS) is 10.3. The van der Waals surface area contributed by atoms with Crippen molar-refractivity contribution in [2.24, 2.45) is 5.73 Å². The van der Waals surface area contributed by atoms with Gasteiger partial charge in [0.25, 0.3) is 0 Å². The van der Waals surface area contributed by atoms with Gasteiger partial charge in [-0.1, -0.05) is 11.6 Å². The van der Waals surface area contributed by atoms with Gasteiger partial charge >= 0.3 is 0 Å². The summed E-state index contributed by atoms with van der Waals surface area (Å²) in [5, 5.41) is 0.636. The Bertz CT molecular complexity index is 645. The minimum atomic E-state index is -0.482. The molecule has 20 heavy (non-hydrogen) atoms. The van der Waals surface area contributed by atoms with Gasteiger partial charge in [-0.25, -0.2) is 4.98 Å². The largest absolute Gasteiger partial charge is 0.399 e. The topological polar surface area (TPSA) is 85.2 Å². The van der Waals surface area contributed by atoms with Gasteiger partial charge in [-0.05, 0) is 35.9 Å². The second kappa shape index (κ2) is 5.79. The Kier molecular flexibility index (Phi) is 4.10. The molecule has 5 nitrogen and oxygen atoms in total. The molecule has 0 radical (unpaired) electrons. The van der Waals surface area contributed by atoms with E-state index in [-0.39, 0.29) is 0 Å². The van der Waals surface area contributed by atoms with Gasteiger partial charge in [-0.3, -0.25) is 4.79 Å². The summed E-state index contributed by atoms with van der Waals surface area (Å²) in [4.78, 5) is 17.3. The molecule has 0 unspecified atom stereocenters. The van der Waals surface area contributed by atoms with Crippen molar-refractivity contribution >= 4 is 29.0 Å². The molecule has 104 valence electrons. The third-order valence-electron chi connectivity index (χ3n) is 2.90. The number of anilines is 2. The van der Waals surface area contributed by atoms with E-state index in [2.05, 4.69) is 4.98 Å². The van der Waals surface area contributed by atoms with E-state index in [4.69, 9.17) is 23.1 Å². The van der Waals surface area contributed by atoms with Gasteiger partial charge in [0.15, 0.2) is 0 Å². The summed E-state index contributed by atoms with van der Waals surface area (Å²) in [6.45, 7) is 0.527. The maximum atomic E-state index is 11.2. The van der Waals surface area contributed by atoms with Crippen LogP contribution < -0.4 is 16.4 Å². The number of hydrogen-bond donors (Lipinski definition) is 2. The number of carbonyl (C=O) groups excluding carboxylic acids is 1. The van der Waals surface area contributed by atoms with Gasteiger partial charge in [-0.15, -0.1) is 0 Å². The highest BCUT2D eigenvalue weighted by molar-refractivity contribution is 6.31. The van der Waals surface area contributed by atoms with E-state index in [0.717, 1.165) is 5.56 Å². The van der Waals surface area contributed by atoms with Crippen LogP contribution in [-0.4, -0.2) is 17.9 Å². The molecule has 1 heterocycles.